The number of methoxy groups -OCH3 is 1. The highest BCUT2D eigenvalue weighted by Crippen LogP contribution is 2.27. The van der Waals surface area contributed by atoms with Crippen LogP contribution in [0.3, 0.4) is 0 Å². The molecule has 0 aromatic carbocycles. The number of hydrogen-bond donors (Lipinski definition) is 0. The number of esters is 1. The Morgan fingerprint density at radius 2 is 2.06 bits per heavy atom. The number of carbonyl (C=O) groups is 2. The molecule has 1 saturated carbocycles. The number of amides is 1. The van der Waals surface area contributed by atoms with Crippen molar-refractivity contribution in [2.75, 3.05) is 26.9 Å². The second kappa shape index (κ2) is 6.59. The van der Waals surface area contributed by atoms with E-state index in [9.17, 15) is 9.59 Å². The Morgan fingerprint density at radius 1 is 1.41 bits per heavy atom. The quantitative estimate of drug-likeness (QED) is 0.621. The Hall–Kier alpha value is -1.10. The molecule has 1 rings (SSSR count). The van der Waals surface area contributed by atoms with E-state index < -0.39 is 0 Å². The maximum Gasteiger partial charge on any atom is 0.310 e. The Balaban J connectivity index is 2.48. The Morgan fingerprint density at radius 3 is 2.53 bits per heavy atom. The Bertz CT molecular complexity index is 276. The highest BCUT2D eigenvalue weighted by molar-refractivity contribution is 5.79. The third-order valence-corrected chi connectivity index (χ3v) is 2.74. The van der Waals surface area contributed by atoms with Gasteiger partial charge in [-0.2, -0.15) is 0 Å². The second-order valence-electron chi connectivity index (χ2n) is 4.36. The summed E-state index contributed by atoms with van der Waals surface area (Å²) < 4.78 is 9.78. The van der Waals surface area contributed by atoms with Gasteiger partial charge in [0.15, 0.2) is 0 Å². The van der Waals surface area contributed by atoms with Crippen molar-refractivity contribution in [2.45, 2.75) is 32.7 Å². The molecule has 0 spiro atoms. The molecule has 98 valence electrons. The normalized spacial score (nSPS) is 16.4. The lowest BCUT2D eigenvalue weighted by atomic mass is 10.1. The molecular formula is C12H21NO4. The molecule has 1 unspecified atom stereocenters. The maximum absolute atomic E-state index is 11.8. The lowest BCUT2D eigenvalue weighted by Gasteiger charge is -2.24. The molecule has 0 aliphatic heterocycles. The van der Waals surface area contributed by atoms with Gasteiger partial charge in [-0.15, -0.1) is 0 Å². The van der Waals surface area contributed by atoms with Crippen LogP contribution in [0.5, 0.6) is 0 Å². The Labute approximate surface area is 102 Å². The van der Waals surface area contributed by atoms with Gasteiger partial charge in [0.1, 0.15) is 6.61 Å². The van der Waals surface area contributed by atoms with Crippen molar-refractivity contribution in [3.05, 3.63) is 0 Å². The van der Waals surface area contributed by atoms with Gasteiger partial charge in [0, 0.05) is 19.7 Å². The predicted molar refractivity (Wildman–Crippen MR) is 62.4 cm³/mol. The average molecular weight is 243 g/mol. The van der Waals surface area contributed by atoms with Gasteiger partial charge in [-0.25, -0.2) is 0 Å². The van der Waals surface area contributed by atoms with Crippen LogP contribution in [0.4, 0.5) is 0 Å². The molecule has 1 fully saturated rings. The predicted octanol–water partition coefficient (Wildman–Crippen LogP) is 0.823. The van der Waals surface area contributed by atoms with Crippen molar-refractivity contribution < 1.29 is 19.1 Å². The number of hydrogen-bond acceptors (Lipinski definition) is 4. The van der Waals surface area contributed by atoms with Crippen LogP contribution in [0, 0.1) is 5.92 Å². The van der Waals surface area contributed by atoms with Crippen LogP contribution < -0.4 is 0 Å². The monoisotopic (exact) mass is 243 g/mol. The first kappa shape index (κ1) is 14.0. The molecule has 0 aromatic heterocycles. The molecule has 0 heterocycles. The summed E-state index contributed by atoms with van der Waals surface area (Å²) in [7, 11) is 1.50. The molecule has 0 radical (unpaired) electrons. The van der Waals surface area contributed by atoms with E-state index in [0.717, 1.165) is 12.8 Å². The van der Waals surface area contributed by atoms with E-state index >= 15 is 0 Å². The molecule has 1 aliphatic rings. The van der Waals surface area contributed by atoms with Crippen molar-refractivity contribution >= 4 is 11.9 Å². The van der Waals surface area contributed by atoms with Crippen LogP contribution in [0.2, 0.25) is 0 Å². The lowest BCUT2D eigenvalue weighted by molar-refractivity contribution is -0.149. The molecule has 1 aliphatic carbocycles. The molecule has 0 aromatic rings. The van der Waals surface area contributed by atoms with Gasteiger partial charge in [0.05, 0.1) is 12.5 Å². The fraction of sp³-hybridized carbons (Fsp3) is 0.833. The zero-order chi connectivity index (χ0) is 12.8. The number of ether oxygens (including phenoxy) is 2. The molecule has 5 heteroatoms. The van der Waals surface area contributed by atoms with Crippen molar-refractivity contribution in [1.82, 2.24) is 4.90 Å². The van der Waals surface area contributed by atoms with Gasteiger partial charge < -0.3 is 14.4 Å². The minimum Gasteiger partial charge on any atom is -0.466 e. The van der Waals surface area contributed by atoms with Gasteiger partial charge in [-0.3, -0.25) is 9.59 Å². The van der Waals surface area contributed by atoms with Gasteiger partial charge in [0.2, 0.25) is 5.91 Å². The molecule has 0 saturated heterocycles. The standard InChI is InChI=1S/C12H21NO4/c1-4-17-12(15)9(2)7-13(10-5-6-10)11(14)8-16-3/h9-10H,4-8H2,1-3H3. The summed E-state index contributed by atoms with van der Waals surface area (Å²) in [5.41, 5.74) is 0. The van der Waals surface area contributed by atoms with E-state index in [1.54, 1.807) is 18.7 Å². The number of carbonyl (C=O) groups excluding carboxylic acids is 2. The Kier molecular flexibility index (Phi) is 5.41. The van der Waals surface area contributed by atoms with Crippen LogP contribution in [0.25, 0.3) is 0 Å². The summed E-state index contributed by atoms with van der Waals surface area (Å²) >= 11 is 0. The van der Waals surface area contributed by atoms with Crippen molar-refractivity contribution in [3.8, 4) is 0 Å². The average Bonchev–Trinajstić information content (AvgIpc) is 3.10. The first-order valence-corrected chi connectivity index (χ1v) is 6.05. The van der Waals surface area contributed by atoms with Crippen molar-refractivity contribution in [3.63, 3.8) is 0 Å². The maximum atomic E-state index is 11.8. The first-order chi connectivity index (χ1) is 8.10. The molecule has 5 nitrogen and oxygen atoms in total. The van der Waals surface area contributed by atoms with Gasteiger partial charge >= 0.3 is 5.97 Å². The SMILES string of the molecule is CCOC(=O)C(C)CN(C(=O)COC)C1CC1. The zero-order valence-corrected chi connectivity index (χ0v) is 10.8. The summed E-state index contributed by atoms with van der Waals surface area (Å²) in [4.78, 5) is 25.0. The zero-order valence-electron chi connectivity index (χ0n) is 10.8. The summed E-state index contributed by atoms with van der Waals surface area (Å²) in [5, 5.41) is 0. The largest absolute Gasteiger partial charge is 0.466 e. The van der Waals surface area contributed by atoms with Crippen LogP contribution in [0.15, 0.2) is 0 Å². The van der Waals surface area contributed by atoms with Crippen LogP contribution in [0.1, 0.15) is 26.7 Å². The molecule has 1 amide bonds. The third kappa shape index (κ3) is 4.34. The summed E-state index contributed by atoms with van der Waals surface area (Å²) in [6, 6.07) is 0.287. The summed E-state index contributed by atoms with van der Waals surface area (Å²) in [5.74, 6) is -0.578. The number of rotatable bonds is 7. The minimum absolute atomic E-state index is 0.0499. The lowest BCUT2D eigenvalue weighted by Crippen LogP contribution is -2.40. The summed E-state index contributed by atoms with van der Waals surface area (Å²) in [6.45, 7) is 4.43. The molecule has 0 N–H and O–H groups in total. The van der Waals surface area contributed by atoms with Crippen molar-refractivity contribution in [1.29, 1.82) is 0 Å². The van der Waals surface area contributed by atoms with Gasteiger partial charge in [-0.1, -0.05) is 6.92 Å². The highest BCUT2D eigenvalue weighted by Gasteiger charge is 2.34. The minimum atomic E-state index is -0.281. The molecular weight excluding hydrogens is 222 g/mol. The molecule has 1 atom stereocenters. The first-order valence-electron chi connectivity index (χ1n) is 6.05. The fourth-order valence-corrected chi connectivity index (χ4v) is 1.70. The molecule has 17 heavy (non-hydrogen) atoms. The third-order valence-electron chi connectivity index (χ3n) is 2.74. The van der Waals surface area contributed by atoms with Crippen LogP contribution in [-0.4, -0.2) is 49.7 Å². The number of nitrogens with zero attached hydrogens (tertiary/aromatic N) is 1. The van der Waals surface area contributed by atoms with E-state index in [-0.39, 0.29) is 30.4 Å². The van der Waals surface area contributed by atoms with E-state index in [0.29, 0.717) is 13.2 Å². The summed E-state index contributed by atoms with van der Waals surface area (Å²) in [6.07, 6.45) is 2.04. The van der Waals surface area contributed by atoms with E-state index in [2.05, 4.69) is 0 Å². The van der Waals surface area contributed by atoms with Crippen LogP contribution in [-0.2, 0) is 19.1 Å². The van der Waals surface area contributed by atoms with E-state index in [1.807, 2.05) is 0 Å². The van der Waals surface area contributed by atoms with E-state index in [4.69, 9.17) is 9.47 Å². The topological polar surface area (TPSA) is 55.8 Å². The van der Waals surface area contributed by atoms with Gasteiger partial charge in [0.25, 0.3) is 0 Å². The van der Waals surface area contributed by atoms with Crippen LogP contribution >= 0.6 is 0 Å². The smallest absolute Gasteiger partial charge is 0.310 e. The van der Waals surface area contributed by atoms with Crippen molar-refractivity contribution in [2.24, 2.45) is 5.92 Å². The fourth-order valence-electron chi connectivity index (χ4n) is 1.70. The molecule has 0 bridgehead atoms. The van der Waals surface area contributed by atoms with Gasteiger partial charge in [-0.05, 0) is 19.8 Å². The van der Waals surface area contributed by atoms with E-state index in [1.165, 1.54) is 7.11 Å². The highest BCUT2D eigenvalue weighted by atomic mass is 16.5. The second-order valence-corrected chi connectivity index (χ2v) is 4.36.